The van der Waals surface area contributed by atoms with Crippen LogP contribution in [0.4, 0.5) is 13.2 Å². The fraction of sp³-hybridized carbons (Fsp3) is 0.500. The van der Waals surface area contributed by atoms with Crippen LogP contribution in [0.15, 0.2) is 24.3 Å². The summed E-state index contributed by atoms with van der Waals surface area (Å²) in [5.41, 5.74) is 0.341. The highest BCUT2D eigenvalue weighted by Gasteiger charge is 2.30. The van der Waals surface area contributed by atoms with E-state index in [9.17, 15) is 13.2 Å². The van der Waals surface area contributed by atoms with Crippen LogP contribution < -0.4 is 10.2 Å². The molecule has 0 unspecified atom stereocenters. The van der Waals surface area contributed by atoms with Gasteiger partial charge in [-0.2, -0.15) is 13.2 Å². The Morgan fingerprint density at radius 1 is 1.24 bits per heavy atom. The minimum atomic E-state index is -4.26. The number of benzene rings is 1. The molecule has 0 aliphatic carbocycles. The number of nitrogens with zero attached hydrogens (tertiary/aromatic N) is 1. The zero-order valence-electron chi connectivity index (χ0n) is 11.8. The molecule has 1 fully saturated rings. The van der Waals surface area contributed by atoms with Crippen LogP contribution in [-0.4, -0.2) is 43.2 Å². The summed E-state index contributed by atoms with van der Waals surface area (Å²) in [6.45, 7) is 4.36. The second kappa shape index (κ2) is 6.62. The fourth-order valence-electron chi connectivity index (χ4n) is 2.46. The average Bonchev–Trinajstić information content (AvgIpc) is 2.47. The molecule has 0 aromatic heterocycles. The Kier molecular flexibility index (Phi) is 5.05. The highest BCUT2D eigenvalue weighted by Crippen LogP contribution is 2.28. The Morgan fingerprint density at radius 3 is 2.29 bits per heavy atom. The van der Waals surface area contributed by atoms with E-state index >= 15 is 0 Å². The number of hydrogen-bond donors (Lipinski definition) is 2. The first-order valence-corrected chi connectivity index (χ1v) is 7.27. The molecule has 3 nitrogen and oxygen atoms in total. The third-order valence-electron chi connectivity index (χ3n) is 3.71. The standard InChI is InChI=1S/C14H18F3N3S/c1-18-13(21)20-8-6-19(7-9-20)10-11-2-4-12(5-3-11)14(15,16)17/h2-5H,6-10H2,1H3,(H,18,21)/p+1. The van der Waals surface area contributed by atoms with Crippen LogP contribution in [0.25, 0.3) is 0 Å². The molecule has 116 valence electrons. The zero-order valence-corrected chi connectivity index (χ0v) is 12.7. The Morgan fingerprint density at radius 2 is 1.81 bits per heavy atom. The second-order valence-corrected chi connectivity index (χ2v) is 5.55. The molecule has 1 aromatic carbocycles. The lowest BCUT2D eigenvalue weighted by molar-refractivity contribution is -0.917. The summed E-state index contributed by atoms with van der Waals surface area (Å²) in [6, 6.07) is 5.45. The minimum absolute atomic E-state index is 0.592. The maximum absolute atomic E-state index is 12.5. The summed E-state index contributed by atoms with van der Waals surface area (Å²) >= 11 is 5.19. The quantitative estimate of drug-likeness (QED) is 0.791. The molecule has 1 aromatic rings. The number of nitrogens with one attached hydrogen (secondary N) is 2. The van der Waals surface area contributed by atoms with Gasteiger partial charge in [0.1, 0.15) is 6.54 Å². The van der Waals surface area contributed by atoms with E-state index in [1.165, 1.54) is 4.90 Å². The predicted octanol–water partition coefficient (Wildman–Crippen LogP) is 0.910. The Hall–Kier alpha value is -1.34. The smallest absolute Gasteiger partial charge is 0.366 e. The molecule has 0 bridgehead atoms. The van der Waals surface area contributed by atoms with Crippen LogP contribution in [0.2, 0.25) is 0 Å². The summed E-state index contributed by atoms with van der Waals surface area (Å²) in [6.07, 6.45) is -4.26. The third-order valence-corrected chi connectivity index (χ3v) is 4.17. The summed E-state index contributed by atoms with van der Waals surface area (Å²) in [5.74, 6) is 0. The second-order valence-electron chi connectivity index (χ2n) is 5.16. The van der Waals surface area contributed by atoms with Gasteiger partial charge in [0.15, 0.2) is 5.11 Å². The van der Waals surface area contributed by atoms with Gasteiger partial charge in [0, 0.05) is 12.6 Å². The van der Waals surface area contributed by atoms with Crippen LogP contribution >= 0.6 is 12.2 Å². The van der Waals surface area contributed by atoms with Gasteiger partial charge >= 0.3 is 6.18 Å². The zero-order chi connectivity index (χ0) is 15.5. The van der Waals surface area contributed by atoms with Gasteiger partial charge in [0.05, 0.1) is 31.7 Å². The largest absolute Gasteiger partial charge is 0.416 e. The van der Waals surface area contributed by atoms with E-state index in [-0.39, 0.29) is 0 Å². The summed E-state index contributed by atoms with van der Waals surface area (Å²) < 4.78 is 37.5. The Labute approximate surface area is 127 Å². The molecular formula is C14H19F3N3S+. The van der Waals surface area contributed by atoms with Crippen molar-refractivity contribution in [3.63, 3.8) is 0 Å². The first-order valence-electron chi connectivity index (χ1n) is 6.86. The molecule has 1 saturated heterocycles. The maximum Gasteiger partial charge on any atom is 0.416 e. The molecule has 1 heterocycles. The van der Waals surface area contributed by atoms with Crippen LogP contribution in [0.3, 0.4) is 0 Å². The molecule has 1 aliphatic heterocycles. The van der Waals surface area contributed by atoms with E-state index in [2.05, 4.69) is 10.2 Å². The highest BCUT2D eigenvalue weighted by atomic mass is 32.1. The lowest BCUT2D eigenvalue weighted by Gasteiger charge is -2.33. The van der Waals surface area contributed by atoms with Gasteiger partial charge in [-0.05, 0) is 24.4 Å². The van der Waals surface area contributed by atoms with Crippen LogP contribution in [0.5, 0.6) is 0 Å². The third kappa shape index (κ3) is 4.31. The van der Waals surface area contributed by atoms with Gasteiger partial charge in [-0.1, -0.05) is 12.1 Å². The number of piperazine rings is 1. The maximum atomic E-state index is 12.5. The Balaban J connectivity index is 1.88. The van der Waals surface area contributed by atoms with Gasteiger partial charge in [0.25, 0.3) is 0 Å². The number of rotatable bonds is 2. The van der Waals surface area contributed by atoms with E-state index in [1.807, 2.05) is 7.05 Å². The molecule has 0 radical (unpaired) electrons. The summed E-state index contributed by atoms with van der Waals surface area (Å²) in [4.78, 5) is 3.48. The predicted molar refractivity (Wildman–Crippen MR) is 79.1 cm³/mol. The van der Waals surface area contributed by atoms with Crippen molar-refractivity contribution in [2.45, 2.75) is 12.7 Å². The van der Waals surface area contributed by atoms with Gasteiger partial charge in [-0.25, -0.2) is 0 Å². The van der Waals surface area contributed by atoms with Crippen molar-refractivity contribution in [3.05, 3.63) is 35.4 Å². The molecule has 2 rings (SSSR count). The molecule has 7 heteroatoms. The van der Waals surface area contributed by atoms with Crippen molar-refractivity contribution in [2.75, 3.05) is 33.2 Å². The number of halogens is 3. The van der Waals surface area contributed by atoms with Gasteiger partial charge in [-0.3, -0.25) is 0 Å². The fourth-order valence-corrected chi connectivity index (χ4v) is 2.64. The van der Waals surface area contributed by atoms with E-state index in [0.717, 1.165) is 55.5 Å². The normalized spacial score (nSPS) is 16.9. The van der Waals surface area contributed by atoms with Crippen molar-refractivity contribution in [1.29, 1.82) is 0 Å². The van der Waals surface area contributed by atoms with Crippen molar-refractivity contribution in [2.24, 2.45) is 0 Å². The summed E-state index contributed by atoms with van der Waals surface area (Å²) in [7, 11) is 1.81. The van der Waals surface area contributed by atoms with Gasteiger partial charge in [-0.15, -0.1) is 0 Å². The number of alkyl halides is 3. The van der Waals surface area contributed by atoms with E-state index in [1.54, 1.807) is 12.1 Å². The van der Waals surface area contributed by atoms with E-state index in [0.29, 0.717) is 0 Å². The van der Waals surface area contributed by atoms with Crippen LogP contribution in [-0.2, 0) is 12.7 Å². The van der Waals surface area contributed by atoms with Gasteiger partial charge in [0.2, 0.25) is 0 Å². The molecule has 21 heavy (non-hydrogen) atoms. The van der Waals surface area contributed by atoms with Crippen LogP contribution in [0.1, 0.15) is 11.1 Å². The lowest BCUT2D eigenvalue weighted by atomic mass is 10.1. The van der Waals surface area contributed by atoms with Crippen molar-refractivity contribution in [1.82, 2.24) is 10.2 Å². The average molecular weight is 318 g/mol. The summed E-state index contributed by atoms with van der Waals surface area (Å²) in [5, 5.41) is 3.71. The number of hydrogen-bond acceptors (Lipinski definition) is 1. The van der Waals surface area contributed by atoms with E-state index < -0.39 is 11.7 Å². The Bertz CT molecular complexity index is 479. The first-order chi connectivity index (χ1) is 9.90. The molecule has 2 N–H and O–H groups in total. The first kappa shape index (κ1) is 16.0. The lowest BCUT2D eigenvalue weighted by Crippen LogP contribution is -3.13. The minimum Gasteiger partial charge on any atom is -0.366 e. The van der Waals surface area contributed by atoms with E-state index in [4.69, 9.17) is 12.2 Å². The van der Waals surface area contributed by atoms with Crippen molar-refractivity contribution in [3.8, 4) is 0 Å². The van der Waals surface area contributed by atoms with Gasteiger partial charge < -0.3 is 15.1 Å². The molecular weight excluding hydrogens is 299 g/mol. The highest BCUT2D eigenvalue weighted by molar-refractivity contribution is 7.80. The number of quaternary nitrogens is 1. The molecule has 0 amide bonds. The molecule has 0 saturated carbocycles. The number of thiocarbonyl (C=S) groups is 1. The monoisotopic (exact) mass is 318 g/mol. The molecule has 0 atom stereocenters. The molecule has 0 spiro atoms. The topological polar surface area (TPSA) is 19.7 Å². The van der Waals surface area contributed by atoms with Crippen molar-refractivity contribution >= 4 is 17.3 Å². The molecule has 1 aliphatic rings. The SMILES string of the molecule is CNC(=S)N1CC[NH+](Cc2ccc(C(F)(F)F)cc2)CC1. The van der Waals surface area contributed by atoms with Crippen LogP contribution in [0, 0.1) is 0 Å². The van der Waals surface area contributed by atoms with Crippen molar-refractivity contribution < 1.29 is 18.1 Å².